The largest absolute Gasteiger partial charge is 0.263 e. The van der Waals surface area contributed by atoms with Gasteiger partial charge in [0.1, 0.15) is 5.39 Å². The molecule has 0 bridgehead atoms. The van der Waals surface area contributed by atoms with Crippen molar-refractivity contribution in [2.24, 2.45) is 0 Å². The van der Waals surface area contributed by atoms with Crippen LogP contribution in [-0.2, 0) is 5.54 Å². The fourth-order valence-electron chi connectivity index (χ4n) is 2.50. The summed E-state index contributed by atoms with van der Waals surface area (Å²) in [5.41, 5.74) is 3.06. The van der Waals surface area contributed by atoms with Crippen molar-refractivity contribution in [3.8, 4) is 11.3 Å². The number of fused-ring (bicyclic) bond motifs is 1. The third-order valence-electron chi connectivity index (χ3n) is 3.57. The standard InChI is InChI=1S/C18H19ClNO/c1-12-10-16-14(11-15(12)19)17(13-8-6-5-7-9-13)21-20(16)18(2,3)4/h5-11H,1-4H3/q+1. The highest BCUT2D eigenvalue weighted by molar-refractivity contribution is 6.32. The minimum atomic E-state index is -0.133. The molecule has 0 atom stereocenters. The van der Waals surface area contributed by atoms with E-state index < -0.39 is 0 Å². The summed E-state index contributed by atoms with van der Waals surface area (Å²) < 4.78 is 8.15. The third kappa shape index (κ3) is 2.44. The Morgan fingerprint density at radius 1 is 1.05 bits per heavy atom. The molecular weight excluding hydrogens is 282 g/mol. The molecule has 0 saturated heterocycles. The minimum absolute atomic E-state index is 0.133. The van der Waals surface area contributed by atoms with E-state index in [-0.39, 0.29) is 5.54 Å². The average Bonchev–Trinajstić information content (AvgIpc) is 2.79. The SMILES string of the molecule is Cc1cc2c(cc1Cl)c(-c1ccccc1)o[n+]2C(C)(C)C. The van der Waals surface area contributed by atoms with Gasteiger partial charge in [0.15, 0.2) is 0 Å². The molecular formula is C18H19ClNO+. The number of aryl methyl sites for hydroxylation is 1. The molecule has 1 aromatic heterocycles. The summed E-state index contributed by atoms with van der Waals surface area (Å²) >= 11 is 6.32. The van der Waals surface area contributed by atoms with Crippen molar-refractivity contribution in [3.05, 3.63) is 53.1 Å². The van der Waals surface area contributed by atoms with E-state index >= 15 is 0 Å². The Hall–Kier alpha value is -1.80. The molecule has 3 aromatic rings. The topological polar surface area (TPSA) is 17.0 Å². The fraction of sp³-hybridized carbons (Fsp3) is 0.278. The second-order valence-corrected chi connectivity index (χ2v) is 6.78. The molecule has 0 unspecified atom stereocenters. The van der Waals surface area contributed by atoms with Gasteiger partial charge in [0.2, 0.25) is 11.3 Å². The van der Waals surface area contributed by atoms with Gasteiger partial charge in [-0.3, -0.25) is 0 Å². The zero-order chi connectivity index (χ0) is 15.2. The molecule has 2 nitrogen and oxygen atoms in total. The van der Waals surface area contributed by atoms with Crippen molar-refractivity contribution >= 4 is 22.5 Å². The van der Waals surface area contributed by atoms with Crippen LogP contribution in [0.1, 0.15) is 26.3 Å². The van der Waals surface area contributed by atoms with Crippen LogP contribution in [0.5, 0.6) is 0 Å². The maximum atomic E-state index is 6.32. The van der Waals surface area contributed by atoms with Gasteiger partial charge in [0.25, 0.3) is 5.52 Å². The van der Waals surface area contributed by atoms with Gasteiger partial charge in [-0.15, -0.1) is 0 Å². The molecule has 0 spiro atoms. The van der Waals surface area contributed by atoms with Gasteiger partial charge >= 0.3 is 0 Å². The Morgan fingerprint density at radius 2 is 1.71 bits per heavy atom. The van der Waals surface area contributed by atoms with Crippen LogP contribution in [0.3, 0.4) is 0 Å². The van der Waals surface area contributed by atoms with Crippen molar-refractivity contribution in [2.45, 2.75) is 33.2 Å². The monoisotopic (exact) mass is 300 g/mol. The smallest absolute Gasteiger partial charge is 0.234 e. The van der Waals surface area contributed by atoms with Gasteiger partial charge < -0.3 is 0 Å². The number of nitrogens with zero attached hydrogens (tertiary/aromatic N) is 1. The van der Waals surface area contributed by atoms with Crippen molar-refractivity contribution in [1.29, 1.82) is 0 Å². The summed E-state index contributed by atoms with van der Waals surface area (Å²) in [6.07, 6.45) is 0. The molecule has 2 aromatic carbocycles. The van der Waals surface area contributed by atoms with Crippen LogP contribution < -0.4 is 4.74 Å². The van der Waals surface area contributed by atoms with E-state index in [1.807, 2.05) is 35.9 Å². The lowest BCUT2D eigenvalue weighted by atomic mass is 10.1. The third-order valence-corrected chi connectivity index (χ3v) is 3.98. The molecule has 0 aliphatic heterocycles. The minimum Gasteiger partial charge on any atom is -0.234 e. The van der Waals surface area contributed by atoms with Crippen LogP contribution in [0.15, 0.2) is 47.0 Å². The number of hydrogen-bond donors (Lipinski definition) is 0. The van der Waals surface area contributed by atoms with Gasteiger partial charge in [0.05, 0.1) is 0 Å². The summed E-state index contributed by atoms with van der Waals surface area (Å²) in [5, 5.41) is 1.81. The Bertz CT molecular complexity index is 797. The van der Waals surface area contributed by atoms with Gasteiger partial charge in [-0.2, -0.15) is 0 Å². The maximum Gasteiger partial charge on any atom is 0.263 e. The Kier molecular flexibility index (Phi) is 3.29. The highest BCUT2D eigenvalue weighted by Crippen LogP contribution is 2.32. The molecule has 0 amide bonds. The first kappa shape index (κ1) is 14.2. The van der Waals surface area contributed by atoms with Gasteiger partial charge in [-0.1, -0.05) is 41.9 Å². The van der Waals surface area contributed by atoms with Crippen LogP contribution in [0.4, 0.5) is 0 Å². The summed E-state index contributed by atoms with van der Waals surface area (Å²) in [6.45, 7) is 8.42. The summed E-state index contributed by atoms with van der Waals surface area (Å²) in [5.74, 6) is 0.863. The molecule has 0 fully saturated rings. The predicted molar refractivity (Wildman–Crippen MR) is 86.6 cm³/mol. The zero-order valence-corrected chi connectivity index (χ0v) is 13.5. The van der Waals surface area contributed by atoms with E-state index in [0.29, 0.717) is 0 Å². The molecule has 0 radical (unpaired) electrons. The van der Waals surface area contributed by atoms with Crippen LogP contribution >= 0.6 is 11.6 Å². The number of rotatable bonds is 1. The van der Waals surface area contributed by atoms with Crippen molar-refractivity contribution in [3.63, 3.8) is 0 Å². The van der Waals surface area contributed by atoms with Gasteiger partial charge in [0, 0.05) is 37.4 Å². The quantitative estimate of drug-likeness (QED) is 0.571. The molecule has 108 valence electrons. The van der Waals surface area contributed by atoms with Crippen LogP contribution in [0.25, 0.3) is 22.2 Å². The molecule has 3 heteroatoms. The van der Waals surface area contributed by atoms with Crippen molar-refractivity contribution in [1.82, 2.24) is 0 Å². The number of benzene rings is 2. The molecule has 0 aliphatic carbocycles. The predicted octanol–water partition coefficient (Wildman–Crippen LogP) is 5.10. The molecule has 0 aliphatic rings. The average molecular weight is 301 g/mol. The van der Waals surface area contributed by atoms with E-state index in [4.69, 9.17) is 16.1 Å². The second-order valence-electron chi connectivity index (χ2n) is 6.37. The first-order chi connectivity index (χ1) is 9.88. The highest BCUT2D eigenvalue weighted by Gasteiger charge is 2.33. The lowest BCUT2D eigenvalue weighted by Gasteiger charge is -2.07. The lowest BCUT2D eigenvalue weighted by Crippen LogP contribution is -2.48. The Balaban J connectivity index is 2.38. The van der Waals surface area contributed by atoms with Crippen molar-refractivity contribution < 1.29 is 9.26 Å². The van der Waals surface area contributed by atoms with Gasteiger partial charge in [-0.05, 0) is 23.3 Å². The number of halogens is 1. The van der Waals surface area contributed by atoms with Crippen LogP contribution in [0.2, 0.25) is 5.02 Å². The van der Waals surface area contributed by atoms with E-state index in [0.717, 1.165) is 32.8 Å². The van der Waals surface area contributed by atoms with Crippen LogP contribution in [-0.4, -0.2) is 0 Å². The molecule has 0 saturated carbocycles. The van der Waals surface area contributed by atoms with E-state index in [1.165, 1.54) is 0 Å². The molecule has 3 rings (SSSR count). The zero-order valence-electron chi connectivity index (χ0n) is 12.8. The maximum absolute atomic E-state index is 6.32. The Morgan fingerprint density at radius 3 is 2.33 bits per heavy atom. The molecule has 0 N–H and O–H groups in total. The second kappa shape index (κ2) is 4.88. The van der Waals surface area contributed by atoms with E-state index in [9.17, 15) is 0 Å². The first-order valence-corrected chi connectivity index (χ1v) is 7.47. The summed E-state index contributed by atoms with van der Waals surface area (Å²) in [4.78, 5) is 0. The fourth-order valence-corrected chi connectivity index (χ4v) is 2.67. The molecule has 1 heterocycles. The van der Waals surface area contributed by atoms with E-state index in [2.05, 4.69) is 39.0 Å². The summed E-state index contributed by atoms with van der Waals surface area (Å²) in [6, 6.07) is 14.2. The highest BCUT2D eigenvalue weighted by atomic mass is 35.5. The molecule has 21 heavy (non-hydrogen) atoms. The normalized spacial score (nSPS) is 12.0. The van der Waals surface area contributed by atoms with Crippen molar-refractivity contribution in [2.75, 3.05) is 0 Å². The Labute approximate surface area is 129 Å². The summed E-state index contributed by atoms with van der Waals surface area (Å²) in [7, 11) is 0. The van der Waals surface area contributed by atoms with E-state index in [1.54, 1.807) is 0 Å². The number of aromatic nitrogens is 1. The first-order valence-electron chi connectivity index (χ1n) is 7.09. The van der Waals surface area contributed by atoms with Crippen LogP contribution in [0, 0.1) is 6.92 Å². The number of hydrogen-bond acceptors (Lipinski definition) is 1. The van der Waals surface area contributed by atoms with Gasteiger partial charge in [-0.25, -0.2) is 4.52 Å². The lowest BCUT2D eigenvalue weighted by molar-refractivity contribution is -0.886.